The lowest BCUT2D eigenvalue weighted by Crippen LogP contribution is -2.34. The topological polar surface area (TPSA) is 55.6 Å². The van der Waals surface area contributed by atoms with E-state index in [1.807, 2.05) is 0 Å². The second kappa shape index (κ2) is 4.49. The Balaban J connectivity index is 2.00. The Morgan fingerprint density at radius 1 is 1.50 bits per heavy atom. The highest BCUT2D eigenvalue weighted by Crippen LogP contribution is 2.17. The molecule has 0 bridgehead atoms. The van der Waals surface area contributed by atoms with E-state index in [1.54, 1.807) is 12.1 Å². The van der Waals surface area contributed by atoms with Crippen molar-refractivity contribution in [3.05, 3.63) is 30.1 Å². The average molecular weight is 224 g/mol. The Kier molecular flexibility index (Phi) is 3.05. The molecular weight excluding hydrogens is 211 g/mol. The Morgan fingerprint density at radius 3 is 2.88 bits per heavy atom. The third kappa shape index (κ3) is 2.30. The number of halogens is 1. The lowest BCUT2D eigenvalue weighted by molar-refractivity contribution is 0.160. The Bertz CT molecular complexity index is 397. The first-order chi connectivity index (χ1) is 7.66. The molecule has 1 fully saturated rings. The van der Waals surface area contributed by atoms with Crippen LogP contribution in [0.4, 0.5) is 9.18 Å². The van der Waals surface area contributed by atoms with Crippen molar-refractivity contribution in [3.8, 4) is 5.75 Å². The molecule has 0 spiro atoms. The van der Waals surface area contributed by atoms with Crippen LogP contribution in [0.25, 0.3) is 0 Å². The van der Waals surface area contributed by atoms with Crippen molar-refractivity contribution in [1.82, 2.24) is 4.90 Å². The van der Waals surface area contributed by atoms with E-state index in [0.717, 1.165) is 6.42 Å². The Morgan fingerprint density at radius 2 is 2.25 bits per heavy atom. The zero-order chi connectivity index (χ0) is 11.5. The fourth-order valence-electron chi connectivity index (χ4n) is 1.64. The van der Waals surface area contributed by atoms with Gasteiger partial charge in [0.15, 0.2) is 11.6 Å². The molecule has 5 heteroatoms. The third-order valence-corrected chi connectivity index (χ3v) is 2.52. The van der Waals surface area contributed by atoms with Gasteiger partial charge in [-0.3, -0.25) is 0 Å². The second-order valence-electron chi connectivity index (χ2n) is 3.79. The molecule has 0 saturated carbocycles. The summed E-state index contributed by atoms with van der Waals surface area (Å²) in [6, 6.07) is 5.81. The van der Waals surface area contributed by atoms with Crippen LogP contribution in [0.1, 0.15) is 6.42 Å². The summed E-state index contributed by atoms with van der Waals surface area (Å²) >= 11 is 0. The molecule has 0 aromatic heterocycles. The van der Waals surface area contributed by atoms with E-state index in [-0.39, 0.29) is 11.8 Å². The minimum absolute atomic E-state index is 0.00632. The van der Waals surface area contributed by atoms with Crippen molar-refractivity contribution in [2.75, 3.05) is 13.1 Å². The Labute approximate surface area is 92.8 Å². The van der Waals surface area contributed by atoms with Crippen LogP contribution in [-0.2, 0) is 0 Å². The van der Waals surface area contributed by atoms with Crippen molar-refractivity contribution in [2.24, 2.45) is 5.73 Å². The number of carbonyl (C=O) groups is 1. The monoisotopic (exact) mass is 224 g/mol. The number of nitrogens with zero attached hydrogens (tertiary/aromatic N) is 1. The van der Waals surface area contributed by atoms with Crippen LogP contribution in [0, 0.1) is 5.82 Å². The summed E-state index contributed by atoms with van der Waals surface area (Å²) in [5.74, 6) is -0.590. The van der Waals surface area contributed by atoms with Crippen LogP contribution in [-0.4, -0.2) is 30.1 Å². The van der Waals surface area contributed by atoms with Crippen LogP contribution in [0.5, 0.6) is 5.75 Å². The number of para-hydroxylation sites is 1. The van der Waals surface area contributed by atoms with Crippen LogP contribution in [0.3, 0.4) is 0 Å². The number of hydrogen-bond donors (Lipinski definition) is 1. The SMILES string of the molecule is NC1CCN(C(=O)Oc2ccccc2F)C1. The molecule has 1 aliphatic rings. The van der Waals surface area contributed by atoms with Crippen molar-refractivity contribution in [2.45, 2.75) is 12.5 Å². The molecule has 1 saturated heterocycles. The number of carbonyl (C=O) groups excluding carboxylic acids is 1. The highest BCUT2D eigenvalue weighted by Gasteiger charge is 2.25. The number of rotatable bonds is 1. The molecule has 1 unspecified atom stereocenters. The molecule has 0 radical (unpaired) electrons. The summed E-state index contributed by atoms with van der Waals surface area (Å²) in [6.07, 6.45) is 0.213. The minimum atomic E-state index is -0.543. The Hall–Kier alpha value is -1.62. The molecule has 2 N–H and O–H groups in total. The lowest BCUT2D eigenvalue weighted by atomic mass is 10.3. The van der Waals surface area contributed by atoms with Crippen LogP contribution >= 0.6 is 0 Å². The molecular formula is C11H13FN2O2. The second-order valence-corrected chi connectivity index (χ2v) is 3.79. The third-order valence-electron chi connectivity index (χ3n) is 2.52. The van der Waals surface area contributed by atoms with E-state index >= 15 is 0 Å². The predicted molar refractivity (Wildman–Crippen MR) is 56.6 cm³/mol. The number of ether oxygens (including phenoxy) is 1. The standard InChI is InChI=1S/C11H13FN2O2/c12-9-3-1-2-4-10(9)16-11(15)14-6-5-8(13)7-14/h1-4,8H,5-7,13H2. The van der Waals surface area contributed by atoms with Gasteiger partial charge in [-0.2, -0.15) is 0 Å². The van der Waals surface area contributed by atoms with Crippen LogP contribution < -0.4 is 10.5 Å². The first kappa shape index (κ1) is 10.9. The van der Waals surface area contributed by atoms with Gasteiger partial charge in [0.2, 0.25) is 0 Å². The van der Waals surface area contributed by atoms with Crippen molar-refractivity contribution >= 4 is 6.09 Å². The predicted octanol–water partition coefficient (Wildman–Crippen LogP) is 1.36. The summed E-state index contributed by atoms with van der Waals surface area (Å²) in [4.78, 5) is 13.1. The van der Waals surface area contributed by atoms with Crippen molar-refractivity contribution < 1.29 is 13.9 Å². The summed E-state index contributed by atoms with van der Waals surface area (Å²) in [6.45, 7) is 1.03. The minimum Gasteiger partial charge on any atom is -0.407 e. The van der Waals surface area contributed by atoms with Gasteiger partial charge in [-0.05, 0) is 18.6 Å². The molecule has 1 heterocycles. The fourth-order valence-corrected chi connectivity index (χ4v) is 1.64. The summed E-state index contributed by atoms with van der Waals surface area (Å²) in [5.41, 5.74) is 5.66. The number of hydrogen-bond acceptors (Lipinski definition) is 3. The molecule has 0 aliphatic carbocycles. The average Bonchev–Trinajstić information content (AvgIpc) is 2.68. The fraction of sp³-hybridized carbons (Fsp3) is 0.364. The summed E-state index contributed by atoms with van der Waals surface area (Å²) in [7, 11) is 0. The van der Waals surface area contributed by atoms with Crippen molar-refractivity contribution in [3.63, 3.8) is 0 Å². The first-order valence-electron chi connectivity index (χ1n) is 5.13. The van der Waals surface area contributed by atoms with Gasteiger partial charge in [-0.25, -0.2) is 9.18 Å². The quantitative estimate of drug-likeness (QED) is 0.783. The molecule has 1 atom stereocenters. The molecule has 1 aliphatic heterocycles. The lowest BCUT2D eigenvalue weighted by Gasteiger charge is -2.15. The largest absolute Gasteiger partial charge is 0.415 e. The molecule has 1 amide bonds. The number of nitrogens with two attached hydrogens (primary N) is 1. The maximum Gasteiger partial charge on any atom is 0.415 e. The first-order valence-corrected chi connectivity index (χ1v) is 5.13. The highest BCUT2D eigenvalue weighted by atomic mass is 19.1. The number of benzene rings is 1. The van der Waals surface area contributed by atoms with Crippen LogP contribution in [0.15, 0.2) is 24.3 Å². The van der Waals surface area contributed by atoms with E-state index in [0.29, 0.717) is 13.1 Å². The van der Waals surface area contributed by atoms with Crippen molar-refractivity contribution in [1.29, 1.82) is 0 Å². The maximum absolute atomic E-state index is 13.2. The van der Waals surface area contributed by atoms with Gasteiger partial charge in [0, 0.05) is 19.1 Å². The smallest absolute Gasteiger partial charge is 0.407 e. The molecule has 4 nitrogen and oxygen atoms in total. The molecule has 1 aromatic rings. The van der Waals surface area contributed by atoms with E-state index in [9.17, 15) is 9.18 Å². The van der Waals surface area contributed by atoms with Gasteiger partial charge in [0.05, 0.1) is 0 Å². The molecule has 1 aromatic carbocycles. The normalized spacial score (nSPS) is 19.9. The molecule has 16 heavy (non-hydrogen) atoms. The zero-order valence-electron chi connectivity index (χ0n) is 8.73. The van der Waals surface area contributed by atoms with E-state index in [1.165, 1.54) is 17.0 Å². The summed E-state index contributed by atoms with van der Waals surface area (Å²) < 4.78 is 18.1. The van der Waals surface area contributed by atoms with E-state index in [2.05, 4.69) is 0 Å². The van der Waals surface area contributed by atoms with Gasteiger partial charge in [0.1, 0.15) is 0 Å². The van der Waals surface area contributed by atoms with E-state index < -0.39 is 11.9 Å². The van der Waals surface area contributed by atoms with E-state index in [4.69, 9.17) is 10.5 Å². The molecule has 2 rings (SSSR count). The maximum atomic E-state index is 13.2. The van der Waals surface area contributed by atoms with Gasteiger partial charge in [-0.1, -0.05) is 12.1 Å². The number of likely N-dealkylation sites (tertiary alicyclic amines) is 1. The summed E-state index contributed by atoms with van der Waals surface area (Å²) in [5, 5.41) is 0. The van der Waals surface area contributed by atoms with Gasteiger partial charge in [0.25, 0.3) is 0 Å². The van der Waals surface area contributed by atoms with Gasteiger partial charge < -0.3 is 15.4 Å². The van der Waals surface area contributed by atoms with Gasteiger partial charge >= 0.3 is 6.09 Å². The zero-order valence-corrected chi connectivity index (χ0v) is 8.73. The highest BCUT2D eigenvalue weighted by molar-refractivity contribution is 5.71. The molecule has 86 valence electrons. The van der Waals surface area contributed by atoms with Gasteiger partial charge in [-0.15, -0.1) is 0 Å². The van der Waals surface area contributed by atoms with Crippen LogP contribution in [0.2, 0.25) is 0 Å². The number of amides is 1.